The van der Waals surface area contributed by atoms with Gasteiger partial charge in [0.2, 0.25) is 10.0 Å². The molecule has 1 aromatic rings. The third-order valence-electron chi connectivity index (χ3n) is 5.33. The number of benzene rings is 1. The summed E-state index contributed by atoms with van der Waals surface area (Å²) in [5.41, 5.74) is 0. The molecule has 0 aromatic heterocycles. The SMILES string of the molecule is CN1CCC(NC(=O)COc2ccc(S(=O)(=O)NC3CCCC3)cc2Cl)CC1. The number of ether oxygens (including phenoxy) is 1. The molecule has 0 spiro atoms. The van der Waals surface area contributed by atoms with Crippen molar-refractivity contribution >= 4 is 27.5 Å². The van der Waals surface area contributed by atoms with Crippen LogP contribution in [-0.2, 0) is 14.8 Å². The van der Waals surface area contributed by atoms with Crippen LogP contribution in [0.3, 0.4) is 0 Å². The number of halogens is 1. The van der Waals surface area contributed by atoms with Crippen LogP contribution >= 0.6 is 11.6 Å². The maximum atomic E-state index is 12.5. The predicted octanol–water partition coefficient (Wildman–Crippen LogP) is 2.15. The summed E-state index contributed by atoms with van der Waals surface area (Å²) in [5, 5.41) is 3.13. The second kappa shape index (κ2) is 9.43. The standard InChI is InChI=1S/C19H28ClN3O4S/c1-23-10-8-14(9-11-23)21-19(24)13-27-18-7-6-16(12-17(18)20)28(25,26)22-15-4-2-3-5-15/h6-7,12,14-15,22H,2-5,8-11,13H2,1H3,(H,21,24). The maximum Gasteiger partial charge on any atom is 0.258 e. The van der Waals surface area contributed by atoms with Gasteiger partial charge in [0.05, 0.1) is 9.92 Å². The first kappa shape index (κ1) is 21.4. The van der Waals surface area contributed by atoms with E-state index in [1.54, 1.807) is 0 Å². The van der Waals surface area contributed by atoms with Gasteiger partial charge in [0, 0.05) is 12.1 Å². The lowest BCUT2D eigenvalue weighted by molar-refractivity contribution is -0.124. The molecule has 1 amide bonds. The number of sulfonamides is 1. The van der Waals surface area contributed by atoms with Crippen molar-refractivity contribution in [3.63, 3.8) is 0 Å². The molecular formula is C19H28ClN3O4S. The van der Waals surface area contributed by atoms with Gasteiger partial charge in [-0.1, -0.05) is 24.4 Å². The van der Waals surface area contributed by atoms with Crippen molar-refractivity contribution in [2.24, 2.45) is 0 Å². The summed E-state index contributed by atoms with van der Waals surface area (Å²) in [4.78, 5) is 14.4. The van der Waals surface area contributed by atoms with Gasteiger partial charge in [0.15, 0.2) is 6.61 Å². The number of likely N-dealkylation sites (tertiary alicyclic amines) is 1. The first-order valence-electron chi connectivity index (χ1n) is 9.76. The molecule has 2 fully saturated rings. The van der Waals surface area contributed by atoms with Gasteiger partial charge < -0.3 is 15.0 Å². The number of rotatable bonds is 7. The van der Waals surface area contributed by atoms with Crippen molar-refractivity contribution in [1.29, 1.82) is 0 Å². The Morgan fingerprint density at radius 1 is 1.18 bits per heavy atom. The average molecular weight is 430 g/mol. The second-order valence-corrected chi connectivity index (χ2v) is 9.75. The van der Waals surface area contributed by atoms with Crippen molar-refractivity contribution in [2.75, 3.05) is 26.7 Å². The molecule has 156 valence electrons. The number of nitrogens with zero attached hydrogens (tertiary/aromatic N) is 1. The van der Waals surface area contributed by atoms with E-state index in [4.69, 9.17) is 16.3 Å². The zero-order valence-corrected chi connectivity index (χ0v) is 17.7. The Hall–Kier alpha value is -1.35. The summed E-state index contributed by atoms with van der Waals surface area (Å²) in [5.74, 6) is 0.0882. The highest BCUT2D eigenvalue weighted by atomic mass is 35.5. The lowest BCUT2D eigenvalue weighted by Crippen LogP contribution is -2.44. The quantitative estimate of drug-likeness (QED) is 0.693. The van der Waals surface area contributed by atoms with E-state index in [2.05, 4.69) is 22.0 Å². The van der Waals surface area contributed by atoms with Crippen LogP contribution in [0.2, 0.25) is 5.02 Å². The Labute approximate surface area is 171 Å². The highest BCUT2D eigenvalue weighted by molar-refractivity contribution is 7.89. The van der Waals surface area contributed by atoms with Crippen LogP contribution in [0.15, 0.2) is 23.1 Å². The fraction of sp³-hybridized carbons (Fsp3) is 0.632. The van der Waals surface area contributed by atoms with Crippen LogP contribution in [-0.4, -0.2) is 58.1 Å². The van der Waals surface area contributed by atoms with Crippen LogP contribution in [0, 0.1) is 0 Å². The van der Waals surface area contributed by atoms with Crippen LogP contribution in [0.25, 0.3) is 0 Å². The van der Waals surface area contributed by atoms with E-state index in [0.717, 1.165) is 51.6 Å². The number of carbonyl (C=O) groups is 1. The van der Waals surface area contributed by atoms with E-state index in [1.807, 2.05) is 0 Å². The summed E-state index contributed by atoms with van der Waals surface area (Å²) in [7, 11) is -1.55. The zero-order valence-electron chi connectivity index (χ0n) is 16.1. The minimum Gasteiger partial charge on any atom is -0.482 e. The first-order valence-corrected chi connectivity index (χ1v) is 11.6. The molecule has 7 nitrogen and oxygen atoms in total. The summed E-state index contributed by atoms with van der Waals surface area (Å²) in [6.07, 6.45) is 5.65. The number of hydrogen-bond donors (Lipinski definition) is 2. The molecule has 2 aliphatic rings. The van der Waals surface area contributed by atoms with E-state index < -0.39 is 10.0 Å². The van der Waals surface area contributed by atoms with Crippen molar-refractivity contribution < 1.29 is 17.9 Å². The Balaban J connectivity index is 1.53. The van der Waals surface area contributed by atoms with E-state index in [9.17, 15) is 13.2 Å². The molecule has 9 heteroatoms. The summed E-state index contributed by atoms with van der Waals surface area (Å²) in [6, 6.07) is 4.46. The minimum atomic E-state index is -3.61. The van der Waals surface area contributed by atoms with Crippen molar-refractivity contribution in [3.8, 4) is 5.75 Å². The maximum absolute atomic E-state index is 12.5. The molecule has 1 saturated heterocycles. The zero-order chi connectivity index (χ0) is 20.1. The molecule has 0 atom stereocenters. The third-order valence-corrected chi connectivity index (χ3v) is 7.15. The molecule has 2 N–H and O–H groups in total. The lowest BCUT2D eigenvalue weighted by atomic mass is 10.1. The molecule has 0 unspecified atom stereocenters. The number of nitrogens with one attached hydrogen (secondary N) is 2. The number of hydrogen-bond acceptors (Lipinski definition) is 5. The fourth-order valence-electron chi connectivity index (χ4n) is 3.66. The van der Waals surface area contributed by atoms with Crippen LogP contribution in [0.4, 0.5) is 0 Å². The van der Waals surface area contributed by atoms with Gasteiger partial charge in [0.1, 0.15) is 5.75 Å². The Bertz CT molecular complexity index is 788. The van der Waals surface area contributed by atoms with Gasteiger partial charge in [-0.3, -0.25) is 4.79 Å². The molecule has 28 heavy (non-hydrogen) atoms. The van der Waals surface area contributed by atoms with E-state index in [0.29, 0.717) is 5.75 Å². The van der Waals surface area contributed by atoms with Gasteiger partial charge in [-0.05, 0) is 64.0 Å². The largest absolute Gasteiger partial charge is 0.482 e. The first-order chi connectivity index (χ1) is 13.3. The molecule has 1 aliphatic heterocycles. The van der Waals surface area contributed by atoms with Gasteiger partial charge in [-0.15, -0.1) is 0 Å². The van der Waals surface area contributed by atoms with Crippen LogP contribution in [0.5, 0.6) is 5.75 Å². The smallest absolute Gasteiger partial charge is 0.258 e. The molecule has 0 bridgehead atoms. The minimum absolute atomic E-state index is 0.0111. The second-order valence-electron chi connectivity index (χ2n) is 7.63. The Morgan fingerprint density at radius 2 is 1.86 bits per heavy atom. The molecule has 1 aromatic carbocycles. The molecule has 3 rings (SSSR count). The lowest BCUT2D eigenvalue weighted by Gasteiger charge is -2.29. The summed E-state index contributed by atoms with van der Waals surface area (Å²) < 4.78 is 33.2. The topological polar surface area (TPSA) is 87.7 Å². The van der Waals surface area contributed by atoms with Gasteiger partial charge in [0.25, 0.3) is 5.91 Å². The molecule has 0 radical (unpaired) electrons. The van der Waals surface area contributed by atoms with Crippen molar-refractivity contribution in [3.05, 3.63) is 23.2 Å². The van der Waals surface area contributed by atoms with Gasteiger partial charge in [-0.25, -0.2) is 13.1 Å². The third kappa shape index (κ3) is 5.83. The normalized spacial score (nSPS) is 19.6. The van der Waals surface area contributed by atoms with Crippen LogP contribution < -0.4 is 14.8 Å². The van der Waals surface area contributed by atoms with Crippen molar-refractivity contribution in [2.45, 2.75) is 55.5 Å². The molecule has 1 heterocycles. The summed E-state index contributed by atoms with van der Waals surface area (Å²) >= 11 is 6.19. The average Bonchev–Trinajstić information content (AvgIpc) is 3.15. The predicted molar refractivity (Wildman–Crippen MR) is 108 cm³/mol. The number of piperidine rings is 1. The fourth-order valence-corrected chi connectivity index (χ4v) is 5.29. The monoisotopic (exact) mass is 429 g/mol. The number of carbonyl (C=O) groups excluding carboxylic acids is 1. The molecular weight excluding hydrogens is 402 g/mol. The van der Waals surface area contributed by atoms with E-state index in [-0.39, 0.29) is 34.5 Å². The highest BCUT2D eigenvalue weighted by Gasteiger charge is 2.24. The van der Waals surface area contributed by atoms with Crippen molar-refractivity contribution in [1.82, 2.24) is 14.9 Å². The Kier molecular flexibility index (Phi) is 7.20. The molecule has 1 aliphatic carbocycles. The Morgan fingerprint density at radius 3 is 2.50 bits per heavy atom. The number of amides is 1. The van der Waals surface area contributed by atoms with E-state index in [1.165, 1.54) is 18.2 Å². The molecule has 1 saturated carbocycles. The van der Waals surface area contributed by atoms with Gasteiger partial charge in [-0.2, -0.15) is 0 Å². The van der Waals surface area contributed by atoms with E-state index >= 15 is 0 Å². The summed E-state index contributed by atoms with van der Waals surface area (Å²) in [6.45, 7) is 1.77. The van der Waals surface area contributed by atoms with Crippen LogP contribution in [0.1, 0.15) is 38.5 Å². The van der Waals surface area contributed by atoms with Gasteiger partial charge >= 0.3 is 0 Å². The highest BCUT2D eigenvalue weighted by Crippen LogP contribution is 2.28.